The van der Waals surface area contributed by atoms with Crippen molar-refractivity contribution in [3.63, 3.8) is 0 Å². The maximum Gasteiger partial charge on any atom is 0.203 e. The van der Waals surface area contributed by atoms with E-state index in [0.29, 0.717) is 6.04 Å². The van der Waals surface area contributed by atoms with E-state index in [9.17, 15) is 0 Å². The van der Waals surface area contributed by atoms with E-state index in [1.54, 1.807) is 0 Å². The third-order valence-electron chi connectivity index (χ3n) is 3.82. The molecule has 4 nitrogen and oxygen atoms in total. The molecule has 0 bridgehead atoms. The zero-order valence-corrected chi connectivity index (χ0v) is 12.4. The Kier molecular flexibility index (Phi) is 4.64. The van der Waals surface area contributed by atoms with E-state index in [1.807, 2.05) is 13.0 Å². The van der Waals surface area contributed by atoms with Crippen LogP contribution >= 0.6 is 0 Å². The maximum absolute atomic E-state index is 4.53. The van der Waals surface area contributed by atoms with Crippen LogP contribution in [0.1, 0.15) is 26.0 Å². The van der Waals surface area contributed by atoms with Crippen LogP contribution in [0.4, 0.5) is 5.95 Å². The van der Waals surface area contributed by atoms with E-state index in [1.165, 1.54) is 19.5 Å². The van der Waals surface area contributed by atoms with Crippen LogP contribution in [0, 0.1) is 12.8 Å². The largest absolute Gasteiger partial charge is 0.355 e. The first-order valence-electron chi connectivity index (χ1n) is 7.22. The first kappa shape index (κ1) is 14.1. The predicted molar refractivity (Wildman–Crippen MR) is 80.5 cm³/mol. The van der Waals surface area contributed by atoms with Crippen molar-refractivity contribution in [2.75, 3.05) is 25.0 Å². The van der Waals surface area contributed by atoms with Crippen molar-refractivity contribution < 1.29 is 0 Å². The minimum absolute atomic E-state index is 0.662. The second-order valence-electron chi connectivity index (χ2n) is 5.77. The van der Waals surface area contributed by atoms with E-state index in [0.717, 1.165) is 30.6 Å². The van der Waals surface area contributed by atoms with Crippen molar-refractivity contribution in [2.24, 2.45) is 5.92 Å². The summed E-state index contributed by atoms with van der Waals surface area (Å²) in [6.45, 7) is 14.6. The van der Waals surface area contributed by atoms with Crippen LogP contribution in [-0.4, -0.2) is 40.1 Å². The molecule has 0 amide bonds. The Labute approximate surface area is 116 Å². The van der Waals surface area contributed by atoms with E-state index in [4.69, 9.17) is 0 Å². The van der Waals surface area contributed by atoms with Crippen molar-refractivity contribution >= 4 is 5.95 Å². The Balaban J connectivity index is 1.87. The third kappa shape index (κ3) is 3.60. The van der Waals surface area contributed by atoms with Crippen LogP contribution in [-0.2, 0) is 6.54 Å². The summed E-state index contributed by atoms with van der Waals surface area (Å²) in [5.41, 5.74) is 1.06. The summed E-state index contributed by atoms with van der Waals surface area (Å²) in [6, 6.07) is 0.662. The van der Waals surface area contributed by atoms with Crippen LogP contribution in [0.25, 0.3) is 0 Å². The topological polar surface area (TPSA) is 33.1 Å². The second-order valence-corrected chi connectivity index (χ2v) is 5.77. The highest BCUT2D eigenvalue weighted by molar-refractivity contribution is 5.29. The van der Waals surface area contributed by atoms with Gasteiger partial charge in [-0.3, -0.25) is 0 Å². The average molecular weight is 262 g/mol. The van der Waals surface area contributed by atoms with Gasteiger partial charge < -0.3 is 14.8 Å². The van der Waals surface area contributed by atoms with Gasteiger partial charge in [-0.15, -0.1) is 6.58 Å². The van der Waals surface area contributed by atoms with Crippen LogP contribution in [0.2, 0.25) is 0 Å². The lowest BCUT2D eigenvalue weighted by Gasteiger charge is -2.20. The lowest BCUT2D eigenvalue weighted by molar-refractivity contribution is 0.266. The normalized spacial score (nSPS) is 20.1. The molecule has 1 fully saturated rings. The standard InChI is InChI=1S/C15H26N4/c1-5-7-19-10-13(4)17-15(19)16-9-14-6-8-18(11-14)12(2)3/h5,10,12,14H,1,6-9,11H2,2-4H3,(H,16,17). The van der Waals surface area contributed by atoms with Crippen molar-refractivity contribution in [2.45, 2.75) is 39.8 Å². The fourth-order valence-electron chi connectivity index (χ4n) is 2.70. The lowest BCUT2D eigenvalue weighted by Crippen LogP contribution is -2.29. The SMILES string of the molecule is C=CCn1cc(C)nc1NCC1CCN(C(C)C)C1. The lowest BCUT2D eigenvalue weighted by atomic mass is 10.1. The number of imidazole rings is 1. The predicted octanol–water partition coefficient (Wildman–Crippen LogP) is 2.52. The van der Waals surface area contributed by atoms with Gasteiger partial charge in [-0.1, -0.05) is 6.08 Å². The molecule has 1 unspecified atom stereocenters. The molecular weight excluding hydrogens is 236 g/mol. The molecule has 2 rings (SSSR count). The second kappa shape index (κ2) is 6.24. The highest BCUT2D eigenvalue weighted by Crippen LogP contribution is 2.19. The molecule has 1 saturated heterocycles. The summed E-state index contributed by atoms with van der Waals surface area (Å²) < 4.78 is 2.12. The summed E-state index contributed by atoms with van der Waals surface area (Å²) in [5.74, 6) is 1.71. The van der Waals surface area contributed by atoms with Crippen LogP contribution in [0.15, 0.2) is 18.9 Å². The molecule has 1 aromatic heterocycles. The Bertz CT molecular complexity index is 422. The minimum Gasteiger partial charge on any atom is -0.355 e. The number of likely N-dealkylation sites (tertiary alicyclic amines) is 1. The molecule has 1 aliphatic heterocycles. The van der Waals surface area contributed by atoms with Crippen molar-refractivity contribution in [3.8, 4) is 0 Å². The van der Waals surface area contributed by atoms with Gasteiger partial charge in [0, 0.05) is 31.9 Å². The smallest absolute Gasteiger partial charge is 0.203 e. The van der Waals surface area contributed by atoms with Crippen LogP contribution < -0.4 is 5.32 Å². The molecule has 106 valence electrons. The number of allylic oxidation sites excluding steroid dienone is 1. The van der Waals surface area contributed by atoms with Gasteiger partial charge in [0.25, 0.3) is 0 Å². The van der Waals surface area contributed by atoms with Crippen molar-refractivity contribution in [3.05, 3.63) is 24.5 Å². The molecule has 0 saturated carbocycles. The molecule has 19 heavy (non-hydrogen) atoms. The first-order valence-corrected chi connectivity index (χ1v) is 7.22. The quantitative estimate of drug-likeness (QED) is 0.800. The summed E-state index contributed by atoms with van der Waals surface area (Å²) in [5, 5.41) is 3.50. The number of aryl methyl sites for hydroxylation is 1. The molecule has 0 aromatic carbocycles. The average Bonchev–Trinajstić information content (AvgIpc) is 2.94. The number of aromatic nitrogens is 2. The van der Waals surface area contributed by atoms with Gasteiger partial charge in [-0.05, 0) is 39.7 Å². The number of nitrogens with zero attached hydrogens (tertiary/aromatic N) is 3. The Morgan fingerprint density at radius 1 is 1.58 bits per heavy atom. The summed E-state index contributed by atoms with van der Waals surface area (Å²) in [4.78, 5) is 7.08. The van der Waals surface area contributed by atoms with Crippen LogP contribution in [0.3, 0.4) is 0 Å². The van der Waals surface area contributed by atoms with E-state index in [-0.39, 0.29) is 0 Å². The highest BCUT2D eigenvalue weighted by Gasteiger charge is 2.24. The highest BCUT2D eigenvalue weighted by atomic mass is 15.2. The van der Waals surface area contributed by atoms with Gasteiger partial charge >= 0.3 is 0 Å². The molecule has 0 radical (unpaired) electrons. The molecule has 1 aromatic rings. The van der Waals surface area contributed by atoms with Gasteiger partial charge in [-0.2, -0.15) is 0 Å². The first-order chi connectivity index (χ1) is 9.10. The monoisotopic (exact) mass is 262 g/mol. The van der Waals surface area contributed by atoms with Gasteiger partial charge in [0.15, 0.2) is 0 Å². The number of nitrogens with one attached hydrogen (secondary N) is 1. The molecule has 4 heteroatoms. The molecule has 0 spiro atoms. The fourth-order valence-corrected chi connectivity index (χ4v) is 2.70. The Morgan fingerprint density at radius 3 is 3.00 bits per heavy atom. The molecule has 1 N–H and O–H groups in total. The fraction of sp³-hybridized carbons (Fsp3) is 0.667. The van der Waals surface area contributed by atoms with Crippen LogP contribution in [0.5, 0.6) is 0 Å². The maximum atomic E-state index is 4.53. The molecule has 1 atom stereocenters. The van der Waals surface area contributed by atoms with E-state index in [2.05, 4.69) is 46.4 Å². The van der Waals surface area contributed by atoms with Crippen molar-refractivity contribution in [1.82, 2.24) is 14.5 Å². The Hall–Kier alpha value is -1.29. The number of hydrogen-bond donors (Lipinski definition) is 1. The number of rotatable bonds is 6. The number of anilines is 1. The summed E-state index contributed by atoms with van der Waals surface area (Å²) >= 11 is 0. The molecule has 1 aliphatic rings. The molecular formula is C15H26N4. The van der Waals surface area contributed by atoms with Gasteiger partial charge in [0.1, 0.15) is 0 Å². The Morgan fingerprint density at radius 2 is 2.37 bits per heavy atom. The number of hydrogen-bond acceptors (Lipinski definition) is 3. The summed E-state index contributed by atoms with van der Waals surface area (Å²) in [6.07, 6.45) is 5.26. The molecule has 2 heterocycles. The molecule has 0 aliphatic carbocycles. The van der Waals surface area contributed by atoms with Gasteiger partial charge in [-0.25, -0.2) is 4.98 Å². The van der Waals surface area contributed by atoms with E-state index >= 15 is 0 Å². The van der Waals surface area contributed by atoms with Gasteiger partial charge in [0.05, 0.1) is 5.69 Å². The third-order valence-corrected chi connectivity index (χ3v) is 3.82. The van der Waals surface area contributed by atoms with E-state index < -0.39 is 0 Å². The summed E-state index contributed by atoms with van der Waals surface area (Å²) in [7, 11) is 0. The zero-order chi connectivity index (χ0) is 13.8. The van der Waals surface area contributed by atoms with Crippen molar-refractivity contribution in [1.29, 1.82) is 0 Å². The minimum atomic E-state index is 0.662. The zero-order valence-electron chi connectivity index (χ0n) is 12.4. The van der Waals surface area contributed by atoms with Gasteiger partial charge in [0.2, 0.25) is 5.95 Å².